The van der Waals surface area contributed by atoms with Gasteiger partial charge in [0.15, 0.2) is 5.78 Å². The molecule has 0 aliphatic carbocycles. The smallest absolute Gasteiger partial charge is 0.316 e. The van der Waals surface area contributed by atoms with Gasteiger partial charge in [-0.05, 0) is 32.6 Å². The van der Waals surface area contributed by atoms with Crippen molar-refractivity contribution < 1.29 is 9.53 Å². The minimum Gasteiger partial charge on any atom is -0.464 e. The van der Waals surface area contributed by atoms with E-state index in [-0.39, 0.29) is 11.7 Å². The van der Waals surface area contributed by atoms with Gasteiger partial charge in [-0.2, -0.15) is 0 Å². The highest BCUT2D eigenvalue weighted by Gasteiger charge is 2.35. The highest BCUT2D eigenvalue weighted by molar-refractivity contribution is 5.97. The van der Waals surface area contributed by atoms with Crippen LogP contribution < -0.4 is 10.1 Å². The second-order valence-corrected chi connectivity index (χ2v) is 5.71. The molecule has 0 saturated carbocycles. The second kappa shape index (κ2) is 5.87. The fraction of sp³-hybridized carbons (Fsp3) is 0.667. The van der Waals surface area contributed by atoms with Crippen molar-refractivity contribution in [2.24, 2.45) is 5.92 Å². The van der Waals surface area contributed by atoms with Crippen LogP contribution >= 0.6 is 0 Å². The number of hydrogen-bond donors (Lipinski definition) is 1. The Kier molecular flexibility index (Phi) is 3.96. The molecule has 108 valence electrons. The Bertz CT molecular complexity index is 463. The van der Waals surface area contributed by atoms with Crippen molar-refractivity contribution in [1.82, 2.24) is 15.3 Å². The minimum atomic E-state index is 0.119. The zero-order chi connectivity index (χ0) is 13.9. The van der Waals surface area contributed by atoms with E-state index in [9.17, 15) is 4.79 Å². The third-order valence-electron chi connectivity index (χ3n) is 4.27. The van der Waals surface area contributed by atoms with E-state index in [4.69, 9.17) is 4.74 Å². The Hall–Kier alpha value is -1.49. The first kappa shape index (κ1) is 13.5. The van der Waals surface area contributed by atoms with Crippen LogP contribution in [-0.4, -0.2) is 34.4 Å². The molecule has 5 heteroatoms. The van der Waals surface area contributed by atoms with Gasteiger partial charge in [0.25, 0.3) is 0 Å². The summed E-state index contributed by atoms with van der Waals surface area (Å²) in [5.41, 5.74) is 0.610. The van der Waals surface area contributed by atoms with Crippen LogP contribution in [0, 0.1) is 5.92 Å². The first-order valence-electron chi connectivity index (χ1n) is 7.51. The number of ketones is 1. The van der Waals surface area contributed by atoms with Gasteiger partial charge in [-0.25, -0.2) is 9.97 Å². The van der Waals surface area contributed by atoms with Crippen LogP contribution in [0.25, 0.3) is 0 Å². The first-order chi connectivity index (χ1) is 9.76. The van der Waals surface area contributed by atoms with Gasteiger partial charge in [-0.1, -0.05) is 6.42 Å². The van der Waals surface area contributed by atoms with Crippen molar-refractivity contribution in [3.8, 4) is 6.01 Å². The maximum absolute atomic E-state index is 12.6. The molecule has 0 amide bonds. The molecule has 2 fully saturated rings. The number of nitrogens with one attached hydrogen (secondary N) is 1. The number of nitrogens with zero attached hydrogens (tertiary/aromatic N) is 2. The zero-order valence-electron chi connectivity index (χ0n) is 11.8. The Balaban J connectivity index is 1.68. The second-order valence-electron chi connectivity index (χ2n) is 5.71. The van der Waals surface area contributed by atoms with Gasteiger partial charge in [-0.15, -0.1) is 0 Å². The van der Waals surface area contributed by atoms with Crippen LogP contribution in [0.1, 0.15) is 49.4 Å². The summed E-state index contributed by atoms with van der Waals surface area (Å²) in [4.78, 5) is 20.7. The Labute approximate surface area is 119 Å². The number of piperidine rings is 2. The van der Waals surface area contributed by atoms with Crippen LogP contribution in [0.2, 0.25) is 0 Å². The summed E-state index contributed by atoms with van der Waals surface area (Å²) in [7, 11) is 0. The maximum atomic E-state index is 12.6. The van der Waals surface area contributed by atoms with E-state index >= 15 is 0 Å². The molecule has 0 spiro atoms. The van der Waals surface area contributed by atoms with Gasteiger partial charge in [0, 0.05) is 30.4 Å². The topological polar surface area (TPSA) is 64.1 Å². The van der Waals surface area contributed by atoms with Crippen molar-refractivity contribution in [3.63, 3.8) is 0 Å². The van der Waals surface area contributed by atoms with Gasteiger partial charge in [-0.3, -0.25) is 4.79 Å². The van der Waals surface area contributed by atoms with E-state index in [1.807, 2.05) is 6.92 Å². The number of Topliss-reactive ketones (excluding diaryl/α,β-unsaturated/α-hetero) is 1. The van der Waals surface area contributed by atoms with Crippen LogP contribution in [0.5, 0.6) is 6.01 Å². The quantitative estimate of drug-likeness (QED) is 0.851. The summed E-state index contributed by atoms with van der Waals surface area (Å²) < 4.78 is 5.20. The summed E-state index contributed by atoms with van der Waals surface area (Å²) in [5.74, 6) is 0.305. The SMILES string of the molecule is CCOc1ncc(C(=O)C2CC3CCCC(C2)N3)cn1. The predicted molar refractivity (Wildman–Crippen MR) is 74.8 cm³/mol. The largest absolute Gasteiger partial charge is 0.464 e. The van der Waals surface area contributed by atoms with Crippen LogP contribution in [0.4, 0.5) is 0 Å². The van der Waals surface area contributed by atoms with E-state index in [0.29, 0.717) is 30.3 Å². The van der Waals surface area contributed by atoms with Gasteiger partial charge < -0.3 is 10.1 Å². The fourth-order valence-electron chi connectivity index (χ4n) is 3.36. The number of fused-ring (bicyclic) bond motifs is 2. The number of carbonyl (C=O) groups excluding carboxylic acids is 1. The molecule has 2 atom stereocenters. The molecule has 2 aliphatic heterocycles. The molecule has 2 aliphatic rings. The molecule has 1 aromatic rings. The highest BCUT2D eigenvalue weighted by Crippen LogP contribution is 2.31. The molecule has 2 saturated heterocycles. The summed E-state index contributed by atoms with van der Waals surface area (Å²) in [6.07, 6.45) is 8.76. The fourth-order valence-corrected chi connectivity index (χ4v) is 3.36. The minimum absolute atomic E-state index is 0.119. The van der Waals surface area contributed by atoms with E-state index in [1.165, 1.54) is 19.3 Å². The molecule has 5 nitrogen and oxygen atoms in total. The summed E-state index contributed by atoms with van der Waals surface area (Å²) in [6.45, 7) is 2.42. The Morgan fingerprint density at radius 3 is 2.55 bits per heavy atom. The van der Waals surface area contributed by atoms with Gasteiger partial charge >= 0.3 is 6.01 Å². The van der Waals surface area contributed by atoms with Crippen LogP contribution in [0.15, 0.2) is 12.4 Å². The average molecular weight is 275 g/mol. The standard InChI is InChI=1S/C15H21N3O2/c1-2-20-15-16-8-11(9-17-15)14(19)10-6-12-4-3-5-13(7-10)18-12/h8-10,12-13,18H,2-7H2,1H3. The number of hydrogen-bond acceptors (Lipinski definition) is 5. The Morgan fingerprint density at radius 1 is 1.30 bits per heavy atom. The maximum Gasteiger partial charge on any atom is 0.316 e. The molecule has 3 rings (SSSR count). The molecule has 0 aromatic carbocycles. The van der Waals surface area contributed by atoms with Gasteiger partial charge in [0.1, 0.15) is 0 Å². The first-order valence-corrected chi connectivity index (χ1v) is 7.51. The normalized spacial score (nSPS) is 28.9. The van der Waals surface area contributed by atoms with Crippen molar-refractivity contribution in [2.45, 2.75) is 51.1 Å². The lowest BCUT2D eigenvalue weighted by molar-refractivity contribution is 0.0824. The molecule has 1 aromatic heterocycles. The molecule has 3 heterocycles. The van der Waals surface area contributed by atoms with Crippen LogP contribution in [-0.2, 0) is 0 Å². The van der Waals surface area contributed by atoms with Gasteiger partial charge in [0.2, 0.25) is 0 Å². The predicted octanol–water partition coefficient (Wildman–Crippen LogP) is 1.98. The van der Waals surface area contributed by atoms with Crippen molar-refractivity contribution in [1.29, 1.82) is 0 Å². The zero-order valence-corrected chi connectivity index (χ0v) is 11.8. The lowest BCUT2D eigenvalue weighted by Gasteiger charge is -2.39. The molecular formula is C15H21N3O2. The number of ether oxygens (including phenoxy) is 1. The third kappa shape index (κ3) is 2.82. The number of aromatic nitrogens is 2. The van der Waals surface area contributed by atoms with Gasteiger partial charge in [0.05, 0.1) is 12.2 Å². The van der Waals surface area contributed by atoms with Crippen molar-refractivity contribution in [3.05, 3.63) is 18.0 Å². The third-order valence-corrected chi connectivity index (χ3v) is 4.27. The molecule has 0 radical (unpaired) electrons. The lowest BCUT2D eigenvalue weighted by atomic mass is 9.77. The Morgan fingerprint density at radius 2 is 1.95 bits per heavy atom. The molecule has 1 N–H and O–H groups in total. The van der Waals surface area contributed by atoms with E-state index in [1.54, 1.807) is 12.4 Å². The average Bonchev–Trinajstić information content (AvgIpc) is 2.47. The monoisotopic (exact) mass is 275 g/mol. The molecule has 2 unspecified atom stereocenters. The van der Waals surface area contributed by atoms with Crippen LogP contribution in [0.3, 0.4) is 0 Å². The van der Waals surface area contributed by atoms with Crippen molar-refractivity contribution >= 4 is 5.78 Å². The molecular weight excluding hydrogens is 254 g/mol. The highest BCUT2D eigenvalue weighted by atomic mass is 16.5. The summed E-state index contributed by atoms with van der Waals surface area (Å²) in [5, 5.41) is 3.61. The van der Waals surface area contributed by atoms with E-state index < -0.39 is 0 Å². The molecule has 20 heavy (non-hydrogen) atoms. The van der Waals surface area contributed by atoms with E-state index in [2.05, 4.69) is 15.3 Å². The number of rotatable bonds is 4. The molecule has 2 bridgehead atoms. The summed E-state index contributed by atoms with van der Waals surface area (Å²) >= 11 is 0. The summed E-state index contributed by atoms with van der Waals surface area (Å²) in [6, 6.07) is 1.37. The van der Waals surface area contributed by atoms with E-state index in [0.717, 1.165) is 12.8 Å². The lowest BCUT2D eigenvalue weighted by Crippen LogP contribution is -2.50. The van der Waals surface area contributed by atoms with Crippen molar-refractivity contribution in [2.75, 3.05) is 6.61 Å². The number of carbonyl (C=O) groups is 1.